The number of nitrogens with one attached hydrogen (secondary N) is 2. The predicted octanol–water partition coefficient (Wildman–Crippen LogP) is 5.81. The summed E-state index contributed by atoms with van der Waals surface area (Å²) in [5.74, 6) is 0.778. The van der Waals surface area contributed by atoms with Gasteiger partial charge in [0.1, 0.15) is 5.82 Å². The zero-order valence-corrected chi connectivity index (χ0v) is 15.1. The Kier molecular flexibility index (Phi) is 5.51. The molecule has 2 N–H and O–H groups in total. The van der Waals surface area contributed by atoms with E-state index in [0.717, 1.165) is 17.7 Å². The number of halogens is 4. The van der Waals surface area contributed by atoms with Crippen LogP contribution in [0.1, 0.15) is 16.8 Å². The van der Waals surface area contributed by atoms with Crippen LogP contribution in [0, 0.1) is 6.92 Å². The van der Waals surface area contributed by atoms with Gasteiger partial charge in [0.2, 0.25) is 5.95 Å². The molecule has 8 heteroatoms. The average molecular weight is 393 g/mol. The lowest BCUT2D eigenvalue weighted by Crippen LogP contribution is -2.07. The van der Waals surface area contributed by atoms with E-state index in [4.69, 9.17) is 11.6 Å². The third-order valence-corrected chi connectivity index (χ3v) is 3.93. The first kappa shape index (κ1) is 19.0. The molecule has 0 aliphatic rings. The molecule has 1 heterocycles. The molecule has 0 atom stereocenters. The van der Waals surface area contributed by atoms with Crippen LogP contribution in [0.15, 0.2) is 54.6 Å². The second kappa shape index (κ2) is 7.84. The van der Waals surface area contributed by atoms with E-state index in [2.05, 4.69) is 20.6 Å². The third kappa shape index (κ3) is 5.34. The van der Waals surface area contributed by atoms with Gasteiger partial charge in [-0.3, -0.25) is 0 Å². The summed E-state index contributed by atoms with van der Waals surface area (Å²) in [6.07, 6.45) is -4.40. The van der Waals surface area contributed by atoms with Crippen LogP contribution in [-0.2, 0) is 12.7 Å². The Labute approximate surface area is 159 Å². The number of anilines is 3. The Morgan fingerprint density at radius 2 is 1.74 bits per heavy atom. The first-order chi connectivity index (χ1) is 12.8. The Balaban J connectivity index is 1.74. The first-order valence-corrected chi connectivity index (χ1v) is 8.46. The van der Waals surface area contributed by atoms with Gasteiger partial charge in [-0.05, 0) is 42.8 Å². The van der Waals surface area contributed by atoms with Gasteiger partial charge >= 0.3 is 6.18 Å². The van der Waals surface area contributed by atoms with Crippen molar-refractivity contribution in [1.82, 2.24) is 9.97 Å². The molecule has 0 saturated carbocycles. The molecule has 0 aliphatic heterocycles. The van der Waals surface area contributed by atoms with Gasteiger partial charge in [0.05, 0.1) is 5.56 Å². The zero-order chi connectivity index (χ0) is 19.4. The van der Waals surface area contributed by atoms with E-state index in [1.165, 1.54) is 6.07 Å². The summed E-state index contributed by atoms with van der Waals surface area (Å²) in [4.78, 5) is 8.61. The summed E-state index contributed by atoms with van der Waals surface area (Å²) in [5.41, 5.74) is 1.25. The van der Waals surface area contributed by atoms with Crippen LogP contribution in [0.5, 0.6) is 0 Å². The molecule has 0 unspecified atom stereocenters. The number of hydrogen-bond acceptors (Lipinski definition) is 4. The topological polar surface area (TPSA) is 49.8 Å². The van der Waals surface area contributed by atoms with Crippen molar-refractivity contribution in [3.05, 3.63) is 76.4 Å². The van der Waals surface area contributed by atoms with Crippen molar-refractivity contribution < 1.29 is 13.2 Å². The summed E-state index contributed by atoms with van der Waals surface area (Å²) < 4.78 is 38.5. The van der Waals surface area contributed by atoms with Gasteiger partial charge in [0.25, 0.3) is 0 Å². The minimum absolute atomic E-state index is 0.298. The van der Waals surface area contributed by atoms with Crippen molar-refractivity contribution in [3.63, 3.8) is 0 Å². The Morgan fingerprint density at radius 3 is 2.44 bits per heavy atom. The highest BCUT2D eigenvalue weighted by molar-refractivity contribution is 6.30. The first-order valence-electron chi connectivity index (χ1n) is 8.08. The third-order valence-electron chi connectivity index (χ3n) is 3.68. The smallest absolute Gasteiger partial charge is 0.350 e. The fourth-order valence-corrected chi connectivity index (χ4v) is 2.54. The van der Waals surface area contributed by atoms with E-state index in [0.29, 0.717) is 34.7 Å². The maximum atomic E-state index is 12.8. The van der Waals surface area contributed by atoms with Gasteiger partial charge in [0.15, 0.2) is 0 Å². The van der Waals surface area contributed by atoms with E-state index >= 15 is 0 Å². The highest BCUT2D eigenvalue weighted by Gasteiger charge is 2.30. The molecule has 27 heavy (non-hydrogen) atoms. The maximum Gasteiger partial charge on any atom is 0.416 e. The summed E-state index contributed by atoms with van der Waals surface area (Å²) in [7, 11) is 0. The van der Waals surface area contributed by atoms with E-state index in [1.807, 2.05) is 12.1 Å². The molecule has 140 valence electrons. The highest BCUT2D eigenvalue weighted by atomic mass is 35.5. The van der Waals surface area contributed by atoms with Crippen molar-refractivity contribution in [2.75, 3.05) is 10.6 Å². The van der Waals surface area contributed by atoms with Gasteiger partial charge in [-0.2, -0.15) is 18.2 Å². The number of rotatable bonds is 5. The molecule has 0 fully saturated rings. The normalized spacial score (nSPS) is 11.3. The lowest BCUT2D eigenvalue weighted by Gasteiger charge is -2.12. The van der Waals surface area contributed by atoms with Crippen LogP contribution < -0.4 is 10.6 Å². The molecule has 1 aromatic heterocycles. The molecule has 3 rings (SSSR count). The number of hydrogen-bond donors (Lipinski definition) is 2. The van der Waals surface area contributed by atoms with E-state index in [-0.39, 0.29) is 0 Å². The van der Waals surface area contributed by atoms with E-state index < -0.39 is 11.7 Å². The Hall–Kier alpha value is -2.80. The Morgan fingerprint density at radius 1 is 1.00 bits per heavy atom. The van der Waals surface area contributed by atoms with Crippen molar-refractivity contribution in [3.8, 4) is 0 Å². The van der Waals surface area contributed by atoms with Crippen LogP contribution in [0.3, 0.4) is 0 Å². The number of nitrogens with zero attached hydrogens (tertiary/aromatic N) is 2. The van der Waals surface area contributed by atoms with Crippen molar-refractivity contribution in [2.24, 2.45) is 0 Å². The van der Waals surface area contributed by atoms with Crippen LogP contribution >= 0.6 is 11.6 Å². The van der Waals surface area contributed by atoms with Crippen LogP contribution in [0.25, 0.3) is 0 Å². The molecular weight excluding hydrogens is 377 g/mol. The van der Waals surface area contributed by atoms with Crippen molar-refractivity contribution >= 4 is 29.1 Å². The standard InChI is InChI=1S/C19H16ClF3N4/c1-12-9-17(26-16-4-2-3-14(10-16)19(21,22)23)27-18(25-12)24-11-13-5-7-15(20)8-6-13/h2-10H,11H2,1H3,(H2,24,25,26,27). The monoisotopic (exact) mass is 392 g/mol. The van der Waals surface area contributed by atoms with Gasteiger partial charge in [-0.1, -0.05) is 29.8 Å². The summed E-state index contributed by atoms with van der Waals surface area (Å²) in [6.45, 7) is 2.27. The lowest BCUT2D eigenvalue weighted by atomic mass is 10.2. The fraction of sp³-hybridized carbons (Fsp3) is 0.158. The Bertz CT molecular complexity index is 927. The summed E-state index contributed by atoms with van der Waals surface area (Å²) in [5, 5.41) is 6.64. The molecule has 0 saturated heterocycles. The predicted molar refractivity (Wildman–Crippen MR) is 100 cm³/mol. The molecule has 3 aromatic rings. The van der Waals surface area contributed by atoms with Gasteiger partial charge in [-0.15, -0.1) is 0 Å². The fourth-order valence-electron chi connectivity index (χ4n) is 2.42. The van der Waals surface area contributed by atoms with Crippen LogP contribution in [0.2, 0.25) is 5.02 Å². The summed E-state index contributed by atoms with van der Waals surface area (Å²) in [6, 6.07) is 14.0. The number of benzene rings is 2. The number of aryl methyl sites for hydroxylation is 1. The van der Waals surface area contributed by atoms with E-state index in [1.54, 1.807) is 31.2 Å². The van der Waals surface area contributed by atoms with Gasteiger partial charge in [0, 0.05) is 29.0 Å². The molecule has 0 aliphatic carbocycles. The molecule has 0 radical (unpaired) electrons. The molecule has 0 amide bonds. The largest absolute Gasteiger partial charge is 0.416 e. The van der Waals surface area contributed by atoms with Crippen LogP contribution in [-0.4, -0.2) is 9.97 Å². The molecule has 2 aromatic carbocycles. The van der Waals surface area contributed by atoms with Crippen molar-refractivity contribution in [1.29, 1.82) is 0 Å². The zero-order valence-electron chi connectivity index (χ0n) is 14.3. The minimum Gasteiger partial charge on any atom is -0.350 e. The highest BCUT2D eigenvalue weighted by Crippen LogP contribution is 2.31. The minimum atomic E-state index is -4.40. The van der Waals surface area contributed by atoms with E-state index in [9.17, 15) is 13.2 Å². The van der Waals surface area contributed by atoms with Gasteiger partial charge in [-0.25, -0.2) is 4.98 Å². The average Bonchev–Trinajstić information content (AvgIpc) is 2.60. The second-order valence-corrected chi connectivity index (χ2v) is 6.34. The lowest BCUT2D eigenvalue weighted by molar-refractivity contribution is -0.137. The molecule has 0 spiro atoms. The number of alkyl halides is 3. The molecule has 4 nitrogen and oxygen atoms in total. The van der Waals surface area contributed by atoms with Crippen molar-refractivity contribution in [2.45, 2.75) is 19.6 Å². The number of aromatic nitrogens is 2. The summed E-state index contributed by atoms with van der Waals surface area (Å²) >= 11 is 5.86. The van der Waals surface area contributed by atoms with Crippen LogP contribution in [0.4, 0.5) is 30.6 Å². The maximum absolute atomic E-state index is 12.8. The second-order valence-electron chi connectivity index (χ2n) is 5.90. The molecule has 0 bridgehead atoms. The quantitative estimate of drug-likeness (QED) is 0.575. The van der Waals surface area contributed by atoms with Gasteiger partial charge < -0.3 is 10.6 Å². The SMILES string of the molecule is Cc1cc(Nc2cccc(C(F)(F)F)c2)nc(NCc2ccc(Cl)cc2)n1. The molecular formula is C19H16ClF3N4.